The summed E-state index contributed by atoms with van der Waals surface area (Å²) in [5.74, 6) is 0.817. The quantitative estimate of drug-likeness (QED) is 0.718. The number of ether oxygens (including phenoxy) is 1. The van der Waals surface area contributed by atoms with Crippen LogP contribution in [0.5, 0.6) is 5.75 Å². The summed E-state index contributed by atoms with van der Waals surface area (Å²) < 4.78 is 6.19. The molecule has 0 saturated heterocycles. The summed E-state index contributed by atoms with van der Waals surface area (Å²) in [5.41, 5.74) is 6.31. The molecule has 0 aliphatic carbocycles. The predicted octanol–water partition coefficient (Wildman–Crippen LogP) is 3.57. The summed E-state index contributed by atoms with van der Waals surface area (Å²) in [5, 5.41) is 3.51. The van der Waals surface area contributed by atoms with Crippen LogP contribution in [0.2, 0.25) is 0 Å². The van der Waals surface area contributed by atoms with Crippen molar-refractivity contribution in [2.24, 2.45) is 5.73 Å². The fourth-order valence-corrected chi connectivity index (χ4v) is 2.96. The average Bonchev–Trinajstić information content (AvgIpc) is 2.87. The second-order valence-corrected chi connectivity index (χ2v) is 5.88. The molecule has 2 rings (SSSR count). The summed E-state index contributed by atoms with van der Waals surface area (Å²) in [6.07, 6.45) is 4.59. The molecule has 0 saturated carbocycles. The number of nitrogens with two attached hydrogens (primary N) is 1. The molecule has 7 heteroatoms. The number of hydrogen-bond acceptors (Lipinski definition) is 5. The van der Waals surface area contributed by atoms with Crippen LogP contribution in [0.4, 0.5) is 5.13 Å². The Morgan fingerprint density at radius 3 is 2.82 bits per heavy atom. The fourth-order valence-electron chi connectivity index (χ4n) is 2.05. The molecule has 1 amide bonds. The lowest BCUT2D eigenvalue weighted by molar-refractivity contribution is -0.116. The van der Waals surface area contributed by atoms with Gasteiger partial charge in [0.05, 0.1) is 17.3 Å². The van der Waals surface area contributed by atoms with Crippen molar-refractivity contribution in [3.8, 4) is 5.75 Å². The number of aromatic nitrogens is 1. The minimum absolute atomic E-state index is 0. The highest BCUT2D eigenvalue weighted by atomic mass is 35.5. The lowest BCUT2D eigenvalue weighted by Crippen LogP contribution is -2.10. The summed E-state index contributed by atoms with van der Waals surface area (Å²) in [4.78, 5) is 16.3. The van der Waals surface area contributed by atoms with Gasteiger partial charge in [-0.2, -0.15) is 0 Å². The number of carbonyl (C=O) groups excluding carboxylic acids is 1. The van der Waals surface area contributed by atoms with Crippen LogP contribution < -0.4 is 15.8 Å². The number of rotatable bonds is 8. The van der Waals surface area contributed by atoms with Gasteiger partial charge in [0.2, 0.25) is 5.91 Å². The Balaban J connectivity index is 0.00000242. The summed E-state index contributed by atoms with van der Waals surface area (Å²) in [6, 6.07) is 5.69. The maximum absolute atomic E-state index is 11.9. The number of fused-ring (bicyclic) bond motifs is 1. The fraction of sp³-hybridized carbons (Fsp3) is 0.467. The van der Waals surface area contributed by atoms with E-state index in [1.807, 2.05) is 18.2 Å². The van der Waals surface area contributed by atoms with Crippen molar-refractivity contribution in [2.75, 3.05) is 19.0 Å². The van der Waals surface area contributed by atoms with E-state index in [0.717, 1.165) is 48.2 Å². The molecule has 2 aromatic rings. The van der Waals surface area contributed by atoms with Crippen LogP contribution in [0, 0.1) is 0 Å². The molecule has 1 aromatic carbocycles. The van der Waals surface area contributed by atoms with Crippen molar-refractivity contribution >= 4 is 45.0 Å². The van der Waals surface area contributed by atoms with Gasteiger partial charge in [0, 0.05) is 6.42 Å². The molecule has 22 heavy (non-hydrogen) atoms. The molecule has 5 nitrogen and oxygen atoms in total. The second-order valence-electron chi connectivity index (χ2n) is 4.85. The lowest BCUT2D eigenvalue weighted by atomic mass is 10.1. The molecule has 0 aliphatic heterocycles. The molecule has 3 N–H and O–H groups in total. The van der Waals surface area contributed by atoms with Gasteiger partial charge in [0.1, 0.15) is 5.75 Å². The van der Waals surface area contributed by atoms with Crippen LogP contribution >= 0.6 is 23.7 Å². The highest BCUT2D eigenvalue weighted by Crippen LogP contribution is 2.29. The molecule has 0 radical (unpaired) electrons. The van der Waals surface area contributed by atoms with Crippen molar-refractivity contribution in [1.82, 2.24) is 4.98 Å². The molecule has 0 fully saturated rings. The van der Waals surface area contributed by atoms with E-state index in [9.17, 15) is 4.79 Å². The molecule has 0 unspecified atom stereocenters. The number of methoxy groups -OCH3 is 1. The maximum atomic E-state index is 11.9. The number of halogens is 1. The number of hydrogen-bond donors (Lipinski definition) is 2. The third-order valence-electron chi connectivity index (χ3n) is 3.20. The van der Waals surface area contributed by atoms with Gasteiger partial charge in [-0.05, 0) is 37.6 Å². The normalized spacial score (nSPS) is 10.3. The van der Waals surface area contributed by atoms with Gasteiger partial charge in [0.25, 0.3) is 0 Å². The van der Waals surface area contributed by atoms with Gasteiger partial charge in [-0.25, -0.2) is 4.98 Å². The van der Waals surface area contributed by atoms with E-state index in [1.165, 1.54) is 11.3 Å². The van der Waals surface area contributed by atoms with E-state index in [1.54, 1.807) is 7.11 Å². The Morgan fingerprint density at radius 2 is 2.09 bits per heavy atom. The number of anilines is 1. The zero-order valence-electron chi connectivity index (χ0n) is 12.6. The van der Waals surface area contributed by atoms with Crippen molar-refractivity contribution in [1.29, 1.82) is 0 Å². The minimum atomic E-state index is 0. The van der Waals surface area contributed by atoms with Crippen LogP contribution in [0.25, 0.3) is 10.2 Å². The van der Waals surface area contributed by atoms with Crippen LogP contribution in [-0.4, -0.2) is 24.5 Å². The minimum Gasteiger partial charge on any atom is -0.497 e. The predicted molar refractivity (Wildman–Crippen MR) is 94.2 cm³/mol. The zero-order chi connectivity index (χ0) is 15.1. The number of nitrogens with one attached hydrogen (secondary N) is 1. The first-order chi connectivity index (χ1) is 10.2. The smallest absolute Gasteiger partial charge is 0.226 e. The summed E-state index contributed by atoms with van der Waals surface area (Å²) >= 11 is 1.46. The Labute approximate surface area is 140 Å². The van der Waals surface area contributed by atoms with E-state index < -0.39 is 0 Å². The molecule has 0 bridgehead atoms. The first kappa shape index (κ1) is 18.7. The van der Waals surface area contributed by atoms with Gasteiger partial charge in [0.15, 0.2) is 5.13 Å². The molecular formula is C15H22ClN3O2S. The van der Waals surface area contributed by atoms with Gasteiger partial charge in [-0.1, -0.05) is 24.2 Å². The van der Waals surface area contributed by atoms with E-state index in [4.69, 9.17) is 10.5 Å². The molecule has 1 heterocycles. The van der Waals surface area contributed by atoms with E-state index >= 15 is 0 Å². The number of carbonyl (C=O) groups is 1. The Hall–Kier alpha value is -1.37. The van der Waals surface area contributed by atoms with Gasteiger partial charge < -0.3 is 15.8 Å². The Kier molecular flexibility index (Phi) is 8.16. The number of benzene rings is 1. The second kappa shape index (κ2) is 9.61. The van der Waals surface area contributed by atoms with Crippen LogP contribution in [0.3, 0.4) is 0 Å². The Morgan fingerprint density at radius 1 is 1.32 bits per heavy atom. The van der Waals surface area contributed by atoms with E-state index in [-0.39, 0.29) is 18.3 Å². The molecule has 0 aliphatic rings. The van der Waals surface area contributed by atoms with Crippen molar-refractivity contribution < 1.29 is 9.53 Å². The van der Waals surface area contributed by atoms with Crippen LogP contribution in [0.15, 0.2) is 18.2 Å². The molecule has 0 atom stereocenters. The summed E-state index contributed by atoms with van der Waals surface area (Å²) in [7, 11) is 1.63. The largest absolute Gasteiger partial charge is 0.497 e. The van der Waals surface area contributed by atoms with Gasteiger partial charge in [-0.15, -0.1) is 12.4 Å². The standard InChI is InChI=1S/C15H21N3O2S.ClH/c1-20-11-7-8-12-13(10-11)21-15(17-12)18-14(19)6-4-2-3-5-9-16;/h7-8,10H,2-6,9,16H2,1H3,(H,17,18,19);1H. The number of thiazole rings is 1. The average molecular weight is 344 g/mol. The van der Waals surface area contributed by atoms with Crippen LogP contribution in [-0.2, 0) is 4.79 Å². The highest BCUT2D eigenvalue weighted by Gasteiger charge is 2.08. The summed E-state index contributed by atoms with van der Waals surface area (Å²) in [6.45, 7) is 0.724. The maximum Gasteiger partial charge on any atom is 0.226 e. The number of nitrogens with zero attached hydrogens (tertiary/aromatic N) is 1. The monoisotopic (exact) mass is 343 g/mol. The van der Waals surface area contributed by atoms with Crippen molar-refractivity contribution in [2.45, 2.75) is 32.1 Å². The number of unbranched alkanes of at least 4 members (excludes halogenated alkanes) is 3. The van der Waals surface area contributed by atoms with Gasteiger partial charge in [-0.3, -0.25) is 4.79 Å². The number of amides is 1. The highest BCUT2D eigenvalue weighted by molar-refractivity contribution is 7.22. The van der Waals surface area contributed by atoms with Crippen molar-refractivity contribution in [3.63, 3.8) is 0 Å². The first-order valence-corrected chi connectivity index (χ1v) is 7.99. The third-order valence-corrected chi connectivity index (χ3v) is 4.13. The first-order valence-electron chi connectivity index (χ1n) is 7.17. The van der Waals surface area contributed by atoms with E-state index in [2.05, 4.69) is 10.3 Å². The third kappa shape index (κ3) is 5.44. The lowest BCUT2D eigenvalue weighted by Gasteiger charge is -2.01. The van der Waals surface area contributed by atoms with E-state index in [0.29, 0.717) is 11.6 Å². The molecule has 1 aromatic heterocycles. The van der Waals surface area contributed by atoms with Crippen molar-refractivity contribution in [3.05, 3.63) is 18.2 Å². The van der Waals surface area contributed by atoms with Gasteiger partial charge >= 0.3 is 0 Å². The topological polar surface area (TPSA) is 77.2 Å². The molecular weight excluding hydrogens is 322 g/mol. The molecule has 122 valence electrons. The Bertz CT molecular complexity index is 603. The SMILES string of the molecule is COc1ccc2nc(NC(=O)CCCCCCN)sc2c1.Cl. The molecule has 0 spiro atoms. The van der Waals surface area contributed by atoms with Crippen LogP contribution in [0.1, 0.15) is 32.1 Å². The zero-order valence-corrected chi connectivity index (χ0v) is 14.3.